The van der Waals surface area contributed by atoms with E-state index in [4.69, 9.17) is 9.84 Å². The van der Waals surface area contributed by atoms with Gasteiger partial charge in [0.1, 0.15) is 5.75 Å². The molecule has 0 spiro atoms. The van der Waals surface area contributed by atoms with E-state index in [1.807, 2.05) is 6.07 Å². The minimum atomic E-state index is -0.0280. The second-order valence-electron chi connectivity index (χ2n) is 3.72. The second kappa shape index (κ2) is 4.42. The number of pyridine rings is 1. The van der Waals surface area contributed by atoms with Crippen molar-refractivity contribution >= 4 is 0 Å². The fourth-order valence-corrected chi connectivity index (χ4v) is 1.38. The highest BCUT2D eigenvalue weighted by atomic mass is 16.5. The van der Waals surface area contributed by atoms with Crippen LogP contribution in [0.3, 0.4) is 0 Å². The molecular weight excluding hydrogens is 178 g/mol. The van der Waals surface area contributed by atoms with Gasteiger partial charge in [-0.2, -0.15) is 0 Å². The van der Waals surface area contributed by atoms with Crippen LogP contribution >= 0.6 is 0 Å². The van der Waals surface area contributed by atoms with Crippen molar-refractivity contribution in [2.45, 2.75) is 25.9 Å². The molecule has 1 N–H and O–H groups in total. The molecule has 1 aliphatic rings. The third-order valence-electron chi connectivity index (χ3n) is 2.44. The van der Waals surface area contributed by atoms with Crippen LogP contribution in [0.1, 0.15) is 25.0 Å². The molecule has 1 saturated carbocycles. The minimum absolute atomic E-state index is 0.0280. The van der Waals surface area contributed by atoms with E-state index in [-0.39, 0.29) is 6.61 Å². The number of aromatic nitrogens is 1. The van der Waals surface area contributed by atoms with Crippen LogP contribution in [0.15, 0.2) is 18.3 Å². The first-order chi connectivity index (χ1) is 6.88. The molecule has 0 radical (unpaired) electrons. The average molecular weight is 193 g/mol. The molecular formula is C11H15NO2. The Balaban J connectivity index is 1.81. The van der Waals surface area contributed by atoms with Crippen LogP contribution in [0, 0.1) is 5.92 Å². The molecule has 0 saturated heterocycles. The first-order valence-corrected chi connectivity index (χ1v) is 5.07. The normalized spacial score (nSPS) is 15.5. The van der Waals surface area contributed by atoms with E-state index in [1.54, 1.807) is 12.3 Å². The zero-order valence-electron chi connectivity index (χ0n) is 8.15. The van der Waals surface area contributed by atoms with Gasteiger partial charge in [-0.3, -0.25) is 4.98 Å². The molecule has 1 aromatic rings. The lowest BCUT2D eigenvalue weighted by molar-refractivity contribution is 0.272. The number of aliphatic hydroxyl groups is 1. The van der Waals surface area contributed by atoms with Gasteiger partial charge in [-0.25, -0.2) is 0 Å². The van der Waals surface area contributed by atoms with Crippen molar-refractivity contribution in [3.63, 3.8) is 0 Å². The Morgan fingerprint density at radius 2 is 2.36 bits per heavy atom. The van der Waals surface area contributed by atoms with Crippen molar-refractivity contribution in [2.24, 2.45) is 5.92 Å². The summed E-state index contributed by atoms with van der Waals surface area (Å²) in [7, 11) is 0. The van der Waals surface area contributed by atoms with Gasteiger partial charge in [0.25, 0.3) is 0 Å². The molecule has 3 nitrogen and oxygen atoms in total. The Kier molecular flexibility index (Phi) is 2.99. The summed E-state index contributed by atoms with van der Waals surface area (Å²) in [6.45, 7) is 0.749. The SMILES string of the molecule is OCc1cc(OCCC2CC2)ccn1. The van der Waals surface area contributed by atoms with E-state index in [1.165, 1.54) is 12.8 Å². The molecule has 1 aromatic heterocycles. The summed E-state index contributed by atoms with van der Waals surface area (Å²) in [5.41, 5.74) is 0.661. The fraction of sp³-hybridized carbons (Fsp3) is 0.545. The zero-order valence-corrected chi connectivity index (χ0v) is 8.15. The smallest absolute Gasteiger partial charge is 0.122 e. The molecule has 0 unspecified atom stereocenters. The van der Waals surface area contributed by atoms with E-state index in [9.17, 15) is 0 Å². The molecule has 0 bridgehead atoms. The topological polar surface area (TPSA) is 42.4 Å². The van der Waals surface area contributed by atoms with Crippen LogP contribution in [-0.4, -0.2) is 16.7 Å². The van der Waals surface area contributed by atoms with Gasteiger partial charge < -0.3 is 9.84 Å². The average Bonchev–Trinajstić information content (AvgIpc) is 3.02. The molecule has 0 atom stereocenters. The van der Waals surface area contributed by atoms with Gasteiger partial charge in [0, 0.05) is 12.3 Å². The Labute approximate surface area is 83.7 Å². The molecule has 14 heavy (non-hydrogen) atoms. The predicted octanol–water partition coefficient (Wildman–Crippen LogP) is 1.75. The van der Waals surface area contributed by atoms with Crippen molar-refractivity contribution in [3.05, 3.63) is 24.0 Å². The molecule has 76 valence electrons. The standard InChI is InChI=1S/C11H15NO2/c13-8-10-7-11(3-5-12-10)14-6-4-9-1-2-9/h3,5,7,9,13H,1-2,4,6,8H2. The predicted molar refractivity (Wildman–Crippen MR) is 53.0 cm³/mol. The van der Waals surface area contributed by atoms with Crippen molar-refractivity contribution < 1.29 is 9.84 Å². The monoisotopic (exact) mass is 193 g/mol. The lowest BCUT2D eigenvalue weighted by atomic mass is 10.3. The largest absolute Gasteiger partial charge is 0.493 e. The van der Waals surface area contributed by atoms with E-state index in [2.05, 4.69) is 4.98 Å². The molecule has 3 heteroatoms. The van der Waals surface area contributed by atoms with Crippen molar-refractivity contribution in [1.82, 2.24) is 4.98 Å². The van der Waals surface area contributed by atoms with Gasteiger partial charge in [-0.15, -0.1) is 0 Å². The van der Waals surface area contributed by atoms with Crippen LogP contribution in [0.25, 0.3) is 0 Å². The maximum absolute atomic E-state index is 8.87. The molecule has 0 aliphatic heterocycles. The Hall–Kier alpha value is -1.09. The summed E-state index contributed by atoms with van der Waals surface area (Å²) in [4.78, 5) is 3.98. The highest BCUT2D eigenvalue weighted by Crippen LogP contribution is 2.32. The summed E-state index contributed by atoms with van der Waals surface area (Å²) in [6, 6.07) is 3.61. The van der Waals surface area contributed by atoms with Gasteiger partial charge in [0.2, 0.25) is 0 Å². The summed E-state index contributed by atoms with van der Waals surface area (Å²) in [5.74, 6) is 1.71. The van der Waals surface area contributed by atoms with Gasteiger partial charge >= 0.3 is 0 Å². The van der Waals surface area contributed by atoms with Crippen LogP contribution in [0.2, 0.25) is 0 Å². The lowest BCUT2D eigenvalue weighted by Gasteiger charge is -2.05. The summed E-state index contributed by atoms with van der Waals surface area (Å²) in [6.07, 6.45) is 5.54. The first-order valence-electron chi connectivity index (χ1n) is 5.07. The summed E-state index contributed by atoms with van der Waals surface area (Å²) < 4.78 is 5.55. The zero-order chi connectivity index (χ0) is 9.80. The number of hydrogen-bond acceptors (Lipinski definition) is 3. The Bertz CT molecular complexity index is 297. The maximum atomic E-state index is 8.87. The van der Waals surface area contributed by atoms with Gasteiger partial charge in [-0.1, -0.05) is 12.8 Å². The maximum Gasteiger partial charge on any atom is 0.122 e. The number of rotatable bonds is 5. The third kappa shape index (κ3) is 2.70. The highest BCUT2D eigenvalue weighted by molar-refractivity contribution is 5.22. The van der Waals surface area contributed by atoms with Gasteiger partial charge in [0.15, 0.2) is 0 Å². The van der Waals surface area contributed by atoms with E-state index < -0.39 is 0 Å². The Morgan fingerprint density at radius 3 is 3.07 bits per heavy atom. The third-order valence-corrected chi connectivity index (χ3v) is 2.44. The van der Waals surface area contributed by atoms with E-state index in [0.717, 1.165) is 24.7 Å². The molecule has 1 fully saturated rings. The lowest BCUT2D eigenvalue weighted by Crippen LogP contribution is -1.99. The van der Waals surface area contributed by atoms with Crippen LogP contribution in [-0.2, 0) is 6.61 Å². The summed E-state index contributed by atoms with van der Waals surface area (Å²) >= 11 is 0. The fourth-order valence-electron chi connectivity index (χ4n) is 1.38. The van der Waals surface area contributed by atoms with Crippen LogP contribution in [0.4, 0.5) is 0 Å². The molecule has 0 amide bonds. The van der Waals surface area contributed by atoms with Crippen LogP contribution in [0.5, 0.6) is 5.75 Å². The number of ether oxygens (including phenoxy) is 1. The number of nitrogens with zero attached hydrogens (tertiary/aromatic N) is 1. The van der Waals surface area contributed by atoms with E-state index in [0.29, 0.717) is 5.69 Å². The quantitative estimate of drug-likeness (QED) is 0.774. The van der Waals surface area contributed by atoms with Gasteiger partial charge in [0.05, 0.1) is 18.9 Å². The number of aliphatic hydroxyl groups excluding tert-OH is 1. The van der Waals surface area contributed by atoms with Crippen molar-refractivity contribution in [2.75, 3.05) is 6.61 Å². The van der Waals surface area contributed by atoms with E-state index >= 15 is 0 Å². The van der Waals surface area contributed by atoms with Crippen LogP contribution < -0.4 is 4.74 Å². The minimum Gasteiger partial charge on any atom is -0.493 e. The second-order valence-corrected chi connectivity index (χ2v) is 3.72. The molecule has 2 rings (SSSR count). The summed E-state index contributed by atoms with van der Waals surface area (Å²) in [5, 5.41) is 8.87. The Morgan fingerprint density at radius 1 is 1.50 bits per heavy atom. The molecule has 1 aliphatic carbocycles. The van der Waals surface area contributed by atoms with Crippen molar-refractivity contribution in [1.29, 1.82) is 0 Å². The highest BCUT2D eigenvalue weighted by Gasteiger charge is 2.20. The first kappa shape index (κ1) is 9.46. The van der Waals surface area contributed by atoms with Crippen molar-refractivity contribution in [3.8, 4) is 5.75 Å². The number of hydrogen-bond donors (Lipinski definition) is 1. The molecule has 1 heterocycles. The van der Waals surface area contributed by atoms with Gasteiger partial charge in [-0.05, 0) is 18.4 Å². The molecule has 0 aromatic carbocycles.